The number of sulfonamides is 1. The van der Waals surface area contributed by atoms with Crippen LogP contribution >= 0.6 is 11.3 Å². The van der Waals surface area contributed by atoms with E-state index in [1.807, 2.05) is 60.1 Å². The first kappa shape index (κ1) is 16.6. The number of aromatic nitrogens is 2. The number of hydrogen-bond acceptors (Lipinski definition) is 4. The van der Waals surface area contributed by atoms with Gasteiger partial charge in [-0.05, 0) is 29.2 Å². The molecule has 0 spiro atoms. The molecule has 5 nitrogen and oxygen atoms in total. The molecular formula is C17H17N3O2S2. The van der Waals surface area contributed by atoms with E-state index >= 15 is 0 Å². The van der Waals surface area contributed by atoms with E-state index in [1.165, 1.54) is 5.41 Å². The standard InChI is InChI=1S/C17H17N3O2S2/c21-24(22,13-9-15-6-2-1-3-7-15)19-14-16(17-8-4-12-23-17)20-11-5-10-18-20/h1-13,16,19H,14H2/b13-9+. The summed E-state index contributed by atoms with van der Waals surface area (Å²) in [5.74, 6) is 0. The molecule has 124 valence electrons. The van der Waals surface area contributed by atoms with Gasteiger partial charge in [0.15, 0.2) is 0 Å². The summed E-state index contributed by atoms with van der Waals surface area (Å²) in [6.45, 7) is 0.240. The molecule has 3 aromatic rings. The van der Waals surface area contributed by atoms with Gasteiger partial charge >= 0.3 is 0 Å². The Balaban J connectivity index is 1.71. The minimum absolute atomic E-state index is 0.167. The third kappa shape index (κ3) is 4.41. The van der Waals surface area contributed by atoms with Crippen molar-refractivity contribution >= 4 is 27.4 Å². The van der Waals surface area contributed by atoms with Crippen LogP contribution in [0, 0.1) is 0 Å². The average Bonchev–Trinajstić information content (AvgIpc) is 3.28. The fraction of sp³-hybridized carbons (Fsp3) is 0.118. The van der Waals surface area contributed by atoms with E-state index in [-0.39, 0.29) is 12.6 Å². The van der Waals surface area contributed by atoms with Crippen LogP contribution < -0.4 is 4.72 Å². The zero-order chi connectivity index (χ0) is 16.8. The molecule has 0 saturated heterocycles. The first-order valence-electron chi connectivity index (χ1n) is 7.39. The summed E-state index contributed by atoms with van der Waals surface area (Å²) in [7, 11) is -3.52. The van der Waals surface area contributed by atoms with Crippen molar-refractivity contribution in [1.29, 1.82) is 0 Å². The van der Waals surface area contributed by atoms with Gasteiger partial charge in [-0.2, -0.15) is 5.10 Å². The second kappa shape index (κ2) is 7.57. The van der Waals surface area contributed by atoms with Gasteiger partial charge < -0.3 is 0 Å². The molecule has 24 heavy (non-hydrogen) atoms. The van der Waals surface area contributed by atoms with Gasteiger partial charge in [0, 0.05) is 29.2 Å². The average molecular weight is 359 g/mol. The molecule has 1 unspecified atom stereocenters. The third-order valence-electron chi connectivity index (χ3n) is 3.43. The highest BCUT2D eigenvalue weighted by Gasteiger charge is 2.17. The van der Waals surface area contributed by atoms with Crippen LogP contribution in [0.4, 0.5) is 0 Å². The first-order chi connectivity index (χ1) is 11.6. The normalized spacial score (nSPS) is 13.3. The highest BCUT2D eigenvalue weighted by Crippen LogP contribution is 2.22. The molecule has 2 heterocycles. The van der Waals surface area contributed by atoms with E-state index in [2.05, 4.69) is 9.82 Å². The maximum Gasteiger partial charge on any atom is 0.233 e. The van der Waals surface area contributed by atoms with Crippen molar-refractivity contribution in [3.05, 3.63) is 82.2 Å². The van der Waals surface area contributed by atoms with Gasteiger partial charge in [-0.15, -0.1) is 11.3 Å². The molecule has 7 heteroatoms. The SMILES string of the molecule is O=S(=O)(/C=C/c1ccccc1)NCC(c1cccs1)n1cccn1. The quantitative estimate of drug-likeness (QED) is 0.705. The first-order valence-corrected chi connectivity index (χ1v) is 9.82. The van der Waals surface area contributed by atoms with E-state index in [1.54, 1.807) is 28.3 Å². The van der Waals surface area contributed by atoms with Crippen LogP contribution in [0.5, 0.6) is 0 Å². The van der Waals surface area contributed by atoms with Gasteiger partial charge in [0.2, 0.25) is 10.0 Å². The lowest BCUT2D eigenvalue weighted by Crippen LogP contribution is -2.30. The van der Waals surface area contributed by atoms with Crippen molar-refractivity contribution < 1.29 is 8.42 Å². The van der Waals surface area contributed by atoms with E-state index in [0.717, 1.165) is 10.4 Å². The predicted molar refractivity (Wildman–Crippen MR) is 97.1 cm³/mol. The number of nitrogens with zero attached hydrogens (tertiary/aromatic N) is 2. The molecule has 2 aromatic heterocycles. The van der Waals surface area contributed by atoms with Crippen LogP contribution in [-0.4, -0.2) is 24.7 Å². The molecule has 3 rings (SSSR count). The summed E-state index contributed by atoms with van der Waals surface area (Å²) in [4.78, 5) is 1.05. The van der Waals surface area contributed by atoms with Crippen molar-refractivity contribution in [1.82, 2.24) is 14.5 Å². The summed E-state index contributed by atoms with van der Waals surface area (Å²) in [5, 5.41) is 7.40. The lowest BCUT2D eigenvalue weighted by molar-refractivity contribution is 0.514. The van der Waals surface area contributed by atoms with Crippen LogP contribution in [0.3, 0.4) is 0 Å². The summed E-state index contributed by atoms with van der Waals surface area (Å²) in [5.41, 5.74) is 0.838. The highest BCUT2D eigenvalue weighted by molar-refractivity contribution is 7.92. The third-order valence-corrected chi connectivity index (χ3v) is 5.47. The van der Waals surface area contributed by atoms with Gasteiger partial charge in [0.25, 0.3) is 0 Å². The van der Waals surface area contributed by atoms with E-state index in [9.17, 15) is 8.42 Å². The van der Waals surface area contributed by atoms with Gasteiger partial charge in [-0.25, -0.2) is 13.1 Å². The summed E-state index contributed by atoms with van der Waals surface area (Å²) in [6.07, 6.45) is 5.10. The van der Waals surface area contributed by atoms with Crippen LogP contribution in [-0.2, 0) is 10.0 Å². The Kier molecular flexibility index (Phi) is 5.24. The Morgan fingerprint density at radius 3 is 2.67 bits per heavy atom. The molecule has 0 bridgehead atoms. The van der Waals surface area contributed by atoms with Crippen molar-refractivity contribution in [2.24, 2.45) is 0 Å². The molecule has 0 fully saturated rings. The zero-order valence-corrected chi connectivity index (χ0v) is 14.5. The lowest BCUT2D eigenvalue weighted by atomic mass is 10.2. The van der Waals surface area contributed by atoms with Crippen LogP contribution in [0.2, 0.25) is 0 Å². The molecular weight excluding hydrogens is 342 g/mol. The van der Waals surface area contributed by atoms with Gasteiger partial charge in [-0.1, -0.05) is 36.4 Å². The fourth-order valence-corrected chi connectivity index (χ4v) is 3.89. The van der Waals surface area contributed by atoms with E-state index < -0.39 is 10.0 Å². The Labute approximate surface area is 145 Å². The number of nitrogens with one attached hydrogen (secondary N) is 1. The second-order valence-electron chi connectivity index (χ2n) is 5.12. The molecule has 0 amide bonds. The Bertz CT molecular complexity index is 837. The van der Waals surface area contributed by atoms with Crippen LogP contribution in [0.1, 0.15) is 16.5 Å². The predicted octanol–water partition coefficient (Wildman–Crippen LogP) is 3.12. The number of hydrogen-bond donors (Lipinski definition) is 1. The monoisotopic (exact) mass is 359 g/mol. The second-order valence-corrected chi connectivity index (χ2v) is 7.75. The summed E-state index contributed by atoms with van der Waals surface area (Å²) >= 11 is 1.58. The van der Waals surface area contributed by atoms with E-state index in [0.29, 0.717) is 0 Å². The number of thiophene rings is 1. The molecule has 0 radical (unpaired) electrons. The maximum absolute atomic E-state index is 12.2. The largest absolute Gasteiger partial charge is 0.263 e. The minimum atomic E-state index is -3.52. The zero-order valence-electron chi connectivity index (χ0n) is 12.8. The lowest BCUT2D eigenvalue weighted by Gasteiger charge is -2.16. The molecule has 0 aliphatic heterocycles. The number of rotatable bonds is 7. The van der Waals surface area contributed by atoms with Gasteiger partial charge in [0.05, 0.1) is 6.04 Å². The van der Waals surface area contributed by atoms with Gasteiger partial charge in [0.1, 0.15) is 0 Å². The van der Waals surface area contributed by atoms with Crippen LogP contribution in [0.15, 0.2) is 71.7 Å². The molecule has 0 aliphatic rings. The molecule has 1 atom stereocenters. The van der Waals surface area contributed by atoms with E-state index in [4.69, 9.17) is 0 Å². The van der Waals surface area contributed by atoms with Gasteiger partial charge in [-0.3, -0.25) is 4.68 Å². The number of benzene rings is 1. The summed E-state index contributed by atoms with van der Waals surface area (Å²) < 4.78 is 28.8. The van der Waals surface area contributed by atoms with Crippen molar-refractivity contribution in [3.8, 4) is 0 Å². The molecule has 1 N–H and O–H groups in total. The van der Waals surface area contributed by atoms with Crippen molar-refractivity contribution in [3.63, 3.8) is 0 Å². The smallest absolute Gasteiger partial charge is 0.233 e. The molecule has 1 aromatic carbocycles. The van der Waals surface area contributed by atoms with Crippen molar-refractivity contribution in [2.45, 2.75) is 6.04 Å². The van der Waals surface area contributed by atoms with Crippen molar-refractivity contribution in [2.75, 3.05) is 6.54 Å². The molecule has 0 saturated carbocycles. The Hall–Kier alpha value is -2.22. The fourth-order valence-electron chi connectivity index (χ4n) is 2.25. The Morgan fingerprint density at radius 2 is 2.00 bits per heavy atom. The van der Waals surface area contributed by atoms with Crippen LogP contribution in [0.25, 0.3) is 6.08 Å². The maximum atomic E-state index is 12.2. The minimum Gasteiger partial charge on any atom is -0.263 e. The highest BCUT2D eigenvalue weighted by atomic mass is 32.2. The summed E-state index contributed by atoms with van der Waals surface area (Å²) in [6, 6.07) is 14.9. The topological polar surface area (TPSA) is 64.0 Å². The Morgan fingerprint density at radius 1 is 1.17 bits per heavy atom. The molecule has 0 aliphatic carbocycles.